The van der Waals surface area contributed by atoms with Gasteiger partial charge in [-0.1, -0.05) is 24.3 Å². The highest BCUT2D eigenvalue weighted by atomic mass is 16.1. The SMILES string of the molecule is O=C1CCCC2=CC3=CC=CCCC3NC12. The molecule has 3 aliphatic rings. The Labute approximate surface area is 96.1 Å². The molecule has 0 saturated heterocycles. The molecule has 1 heterocycles. The maximum Gasteiger partial charge on any atom is 0.153 e. The van der Waals surface area contributed by atoms with Crippen LogP contribution in [0.3, 0.4) is 0 Å². The van der Waals surface area contributed by atoms with Crippen LogP contribution in [0.4, 0.5) is 0 Å². The molecule has 0 spiro atoms. The van der Waals surface area contributed by atoms with Crippen molar-refractivity contribution in [2.24, 2.45) is 0 Å². The van der Waals surface area contributed by atoms with Crippen molar-refractivity contribution in [1.29, 1.82) is 0 Å². The van der Waals surface area contributed by atoms with Gasteiger partial charge in [0.2, 0.25) is 0 Å². The lowest BCUT2D eigenvalue weighted by atomic mass is 9.82. The van der Waals surface area contributed by atoms with E-state index >= 15 is 0 Å². The molecule has 1 fully saturated rings. The molecule has 1 saturated carbocycles. The number of carbonyl (C=O) groups excluding carboxylic acids is 1. The minimum Gasteiger partial charge on any atom is -0.298 e. The fourth-order valence-electron chi connectivity index (χ4n) is 2.88. The van der Waals surface area contributed by atoms with Gasteiger partial charge < -0.3 is 0 Å². The van der Waals surface area contributed by atoms with Crippen LogP contribution in [0.25, 0.3) is 0 Å². The second kappa shape index (κ2) is 4.02. The molecule has 84 valence electrons. The van der Waals surface area contributed by atoms with Gasteiger partial charge in [-0.15, -0.1) is 0 Å². The lowest BCUT2D eigenvalue weighted by Gasteiger charge is -2.34. The predicted octanol–water partition coefficient (Wildman–Crippen LogP) is 2.28. The van der Waals surface area contributed by atoms with E-state index in [-0.39, 0.29) is 6.04 Å². The number of Topliss-reactive ketones (excluding diaryl/α,β-unsaturated/α-hetero) is 1. The lowest BCUT2D eigenvalue weighted by molar-refractivity contribution is -0.121. The first kappa shape index (κ1) is 10.0. The Morgan fingerprint density at radius 2 is 2.25 bits per heavy atom. The third-order valence-electron chi connectivity index (χ3n) is 3.75. The molecule has 0 aromatic carbocycles. The number of rotatable bonds is 0. The largest absolute Gasteiger partial charge is 0.298 e. The van der Waals surface area contributed by atoms with Gasteiger partial charge >= 0.3 is 0 Å². The molecule has 0 radical (unpaired) electrons. The number of hydrogen-bond donors (Lipinski definition) is 1. The van der Waals surface area contributed by atoms with Crippen molar-refractivity contribution in [3.63, 3.8) is 0 Å². The van der Waals surface area contributed by atoms with Crippen molar-refractivity contribution < 1.29 is 4.79 Å². The summed E-state index contributed by atoms with van der Waals surface area (Å²) in [4.78, 5) is 11.9. The van der Waals surface area contributed by atoms with Crippen LogP contribution in [0.1, 0.15) is 32.1 Å². The molecule has 0 aromatic heterocycles. The number of allylic oxidation sites excluding steroid dienone is 3. The highest BCUT2D eigenvalue weighted by Crippen LogP contribution is 2.30. The first-order valence-corrected chi connectivity index (χ1v) is 6.20. The Balaban J connectivity index is 1.94. The van der Waals surface area contributed by atoms with Crippen LogP contribution in [-0.2, 0) is 4.79 Å². The monoisotopic (exact) mass is 215 g/mol. The molecule has 2 unspecified atom stereocenters. The van der Waals surface area contributed by atoms with E-state index in [0.29, 0.717) is 11.8 Å². The maximum atomic E-state index is 11.9. The van der Waals surface area contributed by atoms with E-state index in [1.165, 1.54) is 11.1 Å². The van der Waals surface area contributed by atoms with Gasteiger partial charge in [-0.05, 0) is 36.8 Å². The zero-order chi connectivity index (χ0) is 11.0. The van der Waals surface area contributed by atoms with Crippen LogP contribution in [0.2, 0.25) is 0 Å². The number of fused-ring (bicyclic) bond motifs is 2. The van der Waals surface area contributed by atoms with Gasteiger partial charge in [-0.25, -0.2) is 0 Å². The van der Waals surface area contributed by atoms with Crippen LogP contribution >= 0.6 is 0 Å². The number of nitrogens with one attached hydrogen (secondary N) is 1. The van der Waals surface area contributed by atoms with Gasteiger partial charge in [0.05, 0.1) is 6.04 Å². The molecule has 2 atom stereocenters. The van der Waals surface area contributed by atoms with Crippen molar-refractivity contribution in [2.45, 2.75) is 44.2 Å². The minimum absolute atomic E-state index is 0.0222. The Hall–Kier alpha value is -1.15. The van der Waals surface area contributed by atoms with Crippen molar-refractivity contribution >= 4 is 5.78 Å². The number of carbonyl (C=O) groups is 1. The molecule has 2 heteroatoms. The summed E-state index contributed by atoms with van der Waals surface area (Å²) in [6, 6.07) is 0.403. The van der Waals surface area contributed by atoms with Gasteiger partial charge in [0.25, 0.3) is 0 Å². The van der Waals surface area contributed by atoms with Crippen LogP contribution in [0, 0.1) is 0 Å². The standard InChI is InChI=1S/C14H17NO/c16-13-8-4-6-11-9-10-5-2-1-3-7-12(10)15-14(11)13/h1-2,5,9,12,14-15H,3-4,6-8H2. The smallest absolute Gasteiger partial charge is 0.153 e. The second-order valence-corrected chi connectivity index (χ2v) is 4.86. The van der Waals surface area contributed by atoms with Gasteiger partial charge in [-0.3, -0.25) is 10.1 Å². The minimum atomic E-state index is 0.0222. The fraction of sp³-hybridized carbons (Fsp3) is 0.500. The van der Waals surface area contributed by atoms with E-state index in [1.807, 2.05) is 0 Å². The van der Waals surface area contributed by atoms with Crippen molar-refractivity contribution in [3.05, 3.63) is 35.5 Å². The highest BCUT2D eigenvalue weighted by Gasteiger charge is 2.33. The molecule has 1 aliphatic heterocycles. The maximum absolute atomic E-state index is 11.9. The van der Waals surface area contributed by atoms with Crippen molar-refractivity contribution in [2.75, 3.05) is 0 Å². The summed E-state index contributed by atoms with van der Waals surface area (Å²) in [5.74, 6) is 0.383. The fourth-order valence-corrected chi connectivity index (χ4v) is 2.88. The summed E-state index contributed by atoms with van der Waals surface area (Å²) >= 11 is 0. The van der Waals surface area contributed by atoms with Crippen molar-refractivity contribution in [3.8, 4) is 0 Å². The Bertz CT molecular complexity index is 403. The van der Waals surface area contributed by atoms with Gasteiger partial charge in [-0.2, -0.15) is 0 Å². The molecule has 3 rings (SSSR count). The van der Waals surface area contributed by atoms with Crippen LogP contribution in [0.5, 0.6) is 0 Å². The van der Waals surface area contributed by atoms with E-state index < -0.39 is 0 Å². The molecule has 1 N–H and O–H groups in total. The predicted molar refractivity (Wildman–Crippen MR) is 64.1 cm³/mol. The summed E-state index contributed by atoms with van der Waals surface area (Å²) in [7, 11) is 0. The average molecular weight is 215 g/mol. The second-order valence-electron chi connectivity index (χ2n) is 4.86. The summed E-state index contributed by atoms with van der Waals surface area (Å²) < 4.78 is 0. The third kappa shape index (κ3) is 1.67. The Morgan fingerprint density at radius 3 is 3.19 bits per heavy atom. The molecule has 2 nitrogen and oxygen atoms in total. The zero-order valence-corrected chi connectivity index (χ0v) is 9.41. The number of ketones is 1. The summed E-state index contributed by atoms with van der Waals surface area (Å²) in [5, 5.41) is 3.52. The zero-order valence-electron chi connectivity index (χ0n) is 9.41. The molecular formula is C14H17NO. The van der Waals surface area contributed by atoms with E-state index in [1.54, 1.807) is 0 Å². The first-order valence-electron chi connectivity index (χ1n) is 6.20. The molecule has 0 bridgehead atoms. The Morgan fingerprint density at radius 1 is 1.31 bits per heavy atom. The van der Waals surface area contributed by atoms with Gasteiger partial charge in [0, 0.05) is 12.5 Å². The van der Waals surface area contributed by atoms with Crippen LogP contribution < -0.4 is 5.32 Å². The topological polar surface area (TPSA) is 29.1 Å². The van der Waals surface area contributed by atoms with E-state index in [9.17, 15) is 4.79 Å². The van der Waals surface area contributed by atoms with Gasteiger partial charge in [0.1, 0.15) is 0 Å². The summed E-state index contributed by atoms with van der Waals surface area (Å²) in [6.07, 6.45) is 13.9. The van der Waals surface area contributed by atoms with E-state index in [2.05, 4.69) is 29.6 Å². The third-order valence-corrected chi connectivity index (χ3v) is 3.75. The van der Waals surface area contributed by atoms with E-state index in [0.717, 1.165) is 32.1 Å². The quantitative estimate of drug-likeness (QED) is 0.671. The molecule has 16 heavy (non-hydrogen) atoms. The average Bonchev–Trinajstić information content (AvgIpc) is 2.52. The van der Waals surface area contributed by atoms with Crippen molar-refractivity contribution in [1.82, 2.24) is 5.32 Å². The summed E-state index contributed by atoms with van der Waals surface area (Å²) in [5.41, 5.74) is 2.66. The van der Waals surface area contributed by atoms with Crippen LogP contribution in [-0.4, -0.2) is 17.9 Å². The normalized spacial score (nSPS) is 33.4. The van der Waals surface area contributed by atoms with E-state index in [4.69, 9.17) is 0 Å². The molecule has 0 aromatic rings. The van der Waals surface area contributed by atoms with Crippen LogP contribution in [0.15, 0.2) is 35.5 Å². The highest BCUT2D eigenvalue weighted by molar-refractivity contribution is 5.88. The molecule has 0 amide bonds. The number of hydrogen-bond acceptors (Lipinski definition) is 2. The van der Waals surface area contributed by atoms with Gasteiger partial charge in [0.15, 0.2) is 5.78 Å². The lowest BCUT2D eigenvalue weighted by Crippen LogP contribution is -2.49. The first-order chi connectivity index (χ1) is 7.84. The molecular weight excluding hydrogens is 198 g/mol. The Kier molecular flexibility index (Phi) is 2.52. The summed E-state index contributed by atoms with van der Waals surface area (Å²) in [6.45, 7) is 0. The molecule has 2 aliphatic carbocycles.